The summed E-state index contributed by atoms with van der Waals surface area (Å²) in [4.78, 5) is 30.9. The molecule has 0 aliphatic carbocycles. The highest BCUT2D eigenvalue weighted by Crippen LogP contribution is 2.34. The Hall–Kier alpha value is -1.78. The lowest BCUT2D eigenvalue weighted by Gasteiger charge is -2.40. The van der Waals surface area contributed by atoms with Crippen LogP contribution in [0.4, 0.5) is 10.3 Å². The van der Waals surface area contributed by atoms with Gasteiger partial charge in [0, 0.05) is 52.0 Å². The maximum Gasteiger partial charge on any atom is 0.228 e. The van der Waals surface area contributed by atoms with E-state index in [1.54, 1.807) is 4.90 Å². The molecular weight excluding hydrogens is 394 g/mol. The van der Waals surface area contributed by atoms with Crippen LogP contribution in [0.2, 0.25) is 0 Å². The molecule has 5 heterocycles. The zero-order chi connectivity index (χ0) is 19.8. The molecule has 10 heteroatoms. The number of hydrogen-bond donors (Lipinski definition) is 0. The van der Waals surface area contributed by atoms with E-state index < -0.39 is 5.79 Å². The molecule has 4 aliphatic rings. The fourth-order valence-electron chi connectivity index (χ4n) is 4.76. The molecule has 4 aliphatic heterocycles. The average Bonchev–Trinajstić information content (AvgIpc) is 3.50. The number of aromatic nitrogens is 2. The van der Waals surface area contributed by atoms with E-state index in [-0.39, 0.29) is 17.7 Å². The first-order valence-corrected chi connectivity index (χ1v) is 11.4. The molecule has 0 unspecified atom stereocenters. The molecule has 5 rings (SSSR count). The van der Waals surface area contributed by atoms with Crippen molar-refractivity contribution in [3.05, 3.63) is 0 Å². The third-order valence-corrected chi connectivity index (χ3v) is 7.41. The lowest BCUT2D eigenvalue weighted by Crippen LogP contribution is -2.51. The smallest absolute Gasteiger partial charge is 0.228 e. The van der Waals surface area contributed by atoms with Crippen LogP contribution in [0.15, 0.2) is 0 Å². The molecule has 0 saturated carbocycles. The fraction of sp³-hybridized carbons (Fsp3) is 0.789. The first-order chi connectivity index (χ1) is 14.1. The van der Waals surface area contributed by atoms with Crippen molar-refractivity contribution in [1.29, 1.82) is 0 Å². The summed E-state index contributed by atoms with van der Waals surface area (Å²) in [5.74, 6) is -0.130. The topological polar surface area (TPSA) is 88.1 Å². The van der Waals surface area contributed by atoms with Crippen molar-refractivity contribution in [2.24, 2.45) is 5.92 Å². The highest BCUT2D eigenvalue weighted by molar-refractivity contribution is 7.19. The van der Waals surface area contributed by atoms with E-state index in [0.717, 1.165) is 50.3 Å². The summed E-state index contributed by atoms with van der Waals surface area (Å²) in [5, 5.41) is 10.0. The number of hydrogen-bond acceptors (Lipinski definition) is 8. The van der Waals surface area contributed by atoms with Gasteiger partial charge in [-0.2, -0.15) is 0 Å². The molecule has 1 spiro atoms. The van der Waals surface area contributed by atoms with E-state index in [1.807, 2.05) is 4.90 Å². The van der Waals surface area contributed by atoms with Crippen molar-refractivity contribution in [3.63, 3.8) is 0 Å². The second-order valence-corrected chi connectivity index (χ2v) is 9.17. The molecule has 0 radical (unpaired) electrons. The van der Waals surface area contributed by atoms with E-state index in [9.17, 15) is 9.59 Å². The van der Waals surface area contributed by atoms with Crippen LogP contribution in [-0.4, -0.2) is 78.6 Å². The predicted octanol–water partition coefficient (Wildman–Crippen LogP) is 1.25. The summed E-state index contributed by atoms with van der Waals surface area (Å²) < 4.78 is 11.5. The van der Waals surface area contributed by atoms with Crippen molar-refractivity contribution >= 4 is 33.4 Å². The number of carbonyl (C=O) groups excluding carboxylic acids is 2. The van der Waals surface area contributed by atoms with Crippen molar-refractivity contribution in [1.82, 2.24) is 15.1 Å². The zero-order valence-corrected chi connectivity index (χ0v) is 17.4. The van der Waals surface area contributed by atoms with Crippen LogP contribution in [0.25, 0.3) is 0 Å². The molecule has 1 aromatic heterocycles. The standard InChI is InChI=1S/C19H27N5O4S/c25-15-4-2-8-24(15)18-21-20-17(29-18)23-7-1-3-14(13-23)16(26)22-9-5-19(6-10-22)27-11-12-28-19/h14H,1-13H2/t14-/m1/s1. The molecular formula is C19H27N5O4S. The number of carbonyl (C=O) groups is 2. The summed E-state index contributed by atoms with van der Waals surface area (Å²) in [6, 6.07) is 0. The Balaban J connectivity index is 1.20. The van der Waals surface area contributed by atoms with Crippen LogP contribution in [-0.2, 0) is 19.1 Å². The number of amides is 2. The monoisotopic (exact) mass is 421 g/mol. The molecule has 0 aromatic carbocycles. The number of anilines is 2. The minimum atomic E-state index is -0.453. The first kappa shape index (κ1) is 19.2. The maximum absolute atomic E-state index is 13.1. The Bertz CT molecular complexity index is 770. The molecule has 0 N–H and O–H groups in total. The van der Waals surface area contributed by atoms with Gasteiger partial charge in [-0.3, -0.25) is 14.5 Å². The van der Waals surface area contributed by atoms with Gasteiger partial charge in [0.05, 0.1) is 19.1 Å². The molecule has 4 saturated heterocycles. The van der Waals surface area contributed by atoms with Gasteiger partial charge >= 0.3 is 0 Å². The minimum absolute atomic E-state index is 0.0241. The minimum Gasteiger partial charge on any atom is -0.347 e. The Kier molecular flexibility index (Phi) is 5.17. The molecule has 0 bridgehead atoms. The molecule has 1 aromatic rings. The summed E-state index contributed by atoms with van der Waals surface area (Å²) >= 11 is 1.45. The van der Waals surface area contributed by atoms with Crippen LogP contribution in [0.5, 0.6) is 0 Å². The number of ether oxygens (including phenoxy) is 2. The van der Waals surface area contributed by atoms with Gasteiger partial charge in [0.15, 0.2) is 5.79 Å². The third-order valence-electron chi connectivity index (χ3n) is 6.40. The van der Waals surface area contributed by atoms with Crippen LogP contribution in [0.3, 0.4) is 0 Å². The van der Waals surface area contributed by atoms with E-state index in [0.29, 0.717) is 44.4 Å². The highest BCUT2D eigenvalue weighted by Gasteiger charge is 2.42. The Morgan fingerprint density at radius 1 is 1.03 bits per heavy atom. The van der Waals surface area contributed by atoms with Crippen LogP contribution < -0.4 is 9.80 Å². The van der Waals surface area contributed by atoms with Gasteiger partial charge in [-0.15, -0.1) is 10.2 Å². The second kappa shape index (κ2) is 7.81. The molecule has 158 valence electrons. The fourth-order valence-corrected chi connectivity index (χ4v) is 5.68. The Labute approximate surface area is 173 Å². The summed E-state index contributed by atoms with van der Waals surface area (Å²) in [5.41, 5.74) is 0. The van der Waals surface area contributed by atoms with Crippen LogP contribution in [0.1, 0.15) is 38.5 Å². The van der Waals surface area contributed by atoms with E-state index in [1.165, 1.54) is 11.3 Å². The van der Waals surface area contributed by atoms with Gasteiger partial charge in [0.2, 0.25) is 22.1 Å². The molecule has 1 atom stereocenters. The van der Waals surface area contributed by atoms with E-state index in [4.69, 9.17) is 9.47 Å². The summed E-state index contributed by atoms with van der Waals surface area (Å²) in [7, 11) is 0. The van der Waals surface area contributed by atoms with Crippen molar-refractivity contribution in [2.75, 3.05) is 55.7 Å². The Morgan fingerprint density at radius 2 is 1.79 bits per heavy atom. The normalized spacial score (nSPS) is 27.2. The zero-order valence-electron chi connectivity index (χ0n) is 16.5. The first-order valence-electron chi connectivity index (χ1n) is 10.6. The number of rotatable bonds is 3. The summed E-state index contributed by atoms with van der Waals surface area (Å²) in [6.07, 6.45) is 4.82. The molecule has 9 nitrogen and oxygen atoms in total. The van der Waals surface area contributed by atoms with Crippen LogP contribution in [0, 0.1) is 5.92 Å². The summed E-state index contributed by atoms with van der Waals surface area (Å²) in [6.45, 7) is 4.94. The molecule has 29 heavy (non-hydrogen) atoms. The third kappa shape index (κ3) is 3.73. The van der Waals surface area contributed by atoms with E-state index >= 15 is 0 Å². The number of piperidine rings is 2. The SMILES string of the molecule is O=C([C@@H]1CCCN(c2nnc(N3CCCC3=O)s2)C1)N1CCC2(CC1)OCCO2. The second-order valence-electron chi connectivity index (χ2n) is 8.23. The van der Waals surface area contributed by atoms with Crippen molar-refractivity contribution in [2.45, 2.75) is 44.3 Å². The van der Waals surface area contributed by atoms with Gasteiger partial charge < -0.3 is 19.3 Å². The Morgan fingerprint density at radius 3 is 2.52 bits per heavy atom. The molecule has 2 amide bonds. The highest BCUT2D eigenvalue weighted by atomic mass is 32.1. The van der Waals surface area contributed by atoms with Crippen LogP contribution >= 0.6 is 11.3 Å². The number of nitrogens with zero attached hydrogens (tertiary/aromatic N) is 5. The van der Waals surface area contributed by atoms with Gasteiger partial charge in [-0.1, -0.05) is 11.3 Å². The van der Waals surface area contributed by atoms with Gasteiger partial charge in [0.1, 0.15) is 0 Å². The van der Waals surface area contributed by atoms with E-state index in [2.05, 4.69) is 15.1 Å². The lowest BCUT2D eigenvalue weighted by molar-refractivity contribution is -0.188. The number of likely N-dealkylation sites (tertiary alicyclic amines) is 1. The average molecular weight is 422 g/mol. The molecule has 4 fully saturated rings. The quantitative estimate of drug-likeness (QED) is 0.726. The van der Waals surface area contributed by atoms with Gasteiger partial charge in [0.25, 0.3) is 0 Å². The maximum atomic E-state index is 13.1. The van der Waals surface area contributed by atoms with Gasteiger partial charge in [-0.25, -0.2) is 0 Å². The van der Waals surface area contributed by atoms with Gasteiger partial charge in [-0.05, 0) is 19.3 Å². The lowest BCUT2D eigenvalue weighted by atomic mass is 9.95. The van der Waals surface area contributed by atoms with Crippen molar-refractivity contribution < 1.29 is 19.1 Å². The predicted molar refractivity (Wildman–Crippen MR) is 107 cm³/mol. The van der Waals surface area contributed by atoms with Crippen molar-refractivity contribution in [3.8, 4) is 0 Å². The largest absolute Gasteiger partial charge is 0.347 e.